The van der Waals surface area contributed by atoms with Crippen LogP contribution >= 0.6 is 0 Å². The molecule has 0 rings (SSSR count). The van der Waals surface area contributed by atoms with Gasteiger partial charge in [-0.25, -0.2) is 0 Å². The highest BCUT2D eigenvalue weighted by Crippen LogP contribution is 1.87. The van der Waals surface area contributed by atoms with Crippen LogP contribution in [0.5, 0.6) is 0 Å². The van der Waals surface area contributed by atoms with E-state index in [-0.39, 0.29) is 5.97 Å². The van der Waals surface area contributed by atoms with Crippen molar-refractivity contribution in [3.05, 3.63) is 0 Å². The molecule has 1 N–H and O–H groups in total. The first kappa shape index (κ1) is 12.3. The second kappa shape index (κ2) is 7.97. The third-order valence-corrected chi connectivity index (χ3v) is 1.29. The minimum absolute atomic E-state index is 0.320. The van der Waals surface area contributed by atoms with Crippen molar-refractivity contribution in [2.24, 2.45) is 0 Å². The zero-order valence-corrected chi connectivity index (χ0v) is 8.33. The minimum Gasteiger partial charge on any atom is -0.465 e. The summed E-state index contributed by atoms with van der Waals surface area (Å²) in [5, 5.41) is 0. The van der Waals surface area contributed by atoms with Crippen LogP contribution in [0.15, 0.2) is 0 Å². The number of hydroxylamine groups is 1. The first-order valence-corrected chi connectivity index (χ1v) is 4.25. The SMILES string of the molecule is CCOC(=O)C(C)NOCCOC. The van der Waals surface area contributed by atoms with Crippen LogP contribution < -0.4 is 5.48 Å². The van der Waals surface area contributed by atoms with Gasteiger partial charge in [0.2, 0.25) is 0 Å². The Bertz CT molecular complexity index is 140. The lowest BCUT2D eigenvalue weighted by Crippen LogP contribution is -2.36. The molecule has 5 heteroatoms. The Morgan fingerprint density at radius 2 is 2.15 bits per heavy atom. The molecule has 5 nitrogen and oxygen atoms in total. The van der Waals surface area contributed by atoms with Crippen LogP contribution in [0.3, 0.4) is 0 Å². The van der Waals surface area contributed by atoms with Gasteiger partial charge in [0.25, 0.3) is 0 Å². The molecule has 78 valence electrons. The zero-order valence-electron chi connectivity index (χ0n) is 8.33. The predicted octanol–water partition coefficient (Wildman–Crippen LogP) is 0.106. The molecule has 0 fully saturated rings. The van der Waals surface area contributed by atoms with Gasteiger partial charge in [0.05, 0.1) is 19.8 Å². The van der Waals surface area contributed by atoms with Crippen LogP contribution in [0.1, 0.15) is 13.8 Å². The third kappa shape index (κ3) is 6.51. The molecular formula is C8H17NO4. The molecule has 1 atom stereocenters. The Hall–Kier alpha value is -0.650. The summed E-state index contributed by atoms with van der Waals surface area (Å²) < 4.78 is 9.50. The average molecular weight is 191 g/mol. The van der Waals surface area contributed by atoms with Crippen LogP contribution in [-0.2, 0) is 19.1 Å². The molecule has 0 radical (unpaired) electrons. The molecule has 13 heavy (non-hydrogen) atoms. The van der Waals surface area contributed by atoms with Gasteiger partial charge in [-0.2, -0.15) is 5.48 Å². The second-order valence-electron chi connectivity index (χ2n) is 2.43. The molecule has 1 unspecified atom stereocenters. The monoisotopic (exact) mass is 191 g/mol. The van der Waals surface area contributed by atoms with Gasteiger partial charge in [-0.1, -0.05) is 0 Å². The van der Waals surface area contributed by atoms with Crippen molar-refractivity contribution >= 4 is 5.97 Å². The highest BCUT2D eigenvalue weighted by molar-refractivity contribution is 5.74. The van der Waals surface area contributed by atoms with Crippen molar-refractivity contribution in [1.29, 1.82) is 0 Å². The Morgan fingerprint density at radius 3 is 2.69 bits per heavy atom. The summed E-state index contributed by atoms with van der Waals surface area (Å²) in [5.41, 5.74) is 2.55. The number of rotatable bonds is 7. The summed E-state index contributed by atoms with van der Waals surface area (Å²) in [5.74, 6) is -0.320. The molecule has 0 aromatic rings. The fraction of sp³-hybridized carbons (Fsp3) is 0.875. The van der Waals surface area contributed by atoms with Crippen molar-refractivity contribution in [3.63, 3.8) is 0 Å². The lowest BCUT2D eigenvalue weighted by atomic mass is 10.4. The quantitative estimate of drug-likeness (QED) is 0.351. The van der Waals surface area contributed by atoms with Gasteiger partial charge in [0.1, 0.15) is 6.04 Å². The predicted molar refractivity (Wildman–Crippen MR) is 47.1 cm³/mol. The summed E-state index contributed by atoms with van der Waals surface area (Å²) in [7, 11) is 1.58. The first-order valence-electron chi connectivity index (χ1n) is 4.25. The van der Waals surface area contributed by atoms with Crippen LogP contribution in [0.4, 0.5) is 0 Å². The van der Waals surface area contributed by atoms with E-state index in [0.717, 1.165) is 0 Å². The fourth-order valence-electron chi connectivity index (χ4n) is 0.624. The third-order valence-electron chi connectivity index (χ3n) is 1.29. The minimum atomic E-state index is -0.447. The molecule has 0 saturated carbocycles. The van der Waals surface area contributed by atoms with E-state index in [1.54, 1.807) is 21.0 Å². The molecule has 0 aliphatic carbocycles. The van der Waals surface area contributed by atoms with Crippen LogP contribution in [0.2, 0.25) is 0 Å². The van der Waals surface area contributed by atoms with E-state index >= 15 is 0 Å². The number of carbonyl (C=O) groups is 1. The molecule has 0 aliphatic rings. The lowest BCUT2D eigenvalue weighted by molar-refractivity contribution is -0.149. The molecule has 0 saturated heterocycles. The Labute approximate surface area is 78.3 Å². The Morgan fingerprint density at radius 1 is 1.46 bits per heavy atom. The molecule has 0 aromatic heterocycles. The first-order chi connectivity index (χ1) is 6.22. The number of hydrogen-bond acceptors (Lipinski definition) is 5. The van der Waals surface area contributed by atoms with E-state index in [9.17, 15) is 4.79 Å². The van der Waals surface area contributed by atoms with Crippen LogP contribution in [0.25, 0.3) is 0 Å². The molecule has 0 spiro atoms. The molecule has 0 bridgehead atoms. The average Bonchev–Trinajstić information content (AvgIpc) is 2.12. The van der Waals surface area contributed by atoms with Crippen LogP contribution in [0, 0.1) is 0 Å². The largest absolute Gasteiger partial charge is 0.465 e. The van der Waals surface area contributed by atoms with Gasteiger partial charge in [-0.3, -0.25) is 9.63 Å². The second-order valence-corrected chi connectivity index (χ2v) is 2.43. The van der Waals surface area contributed by atoms with Gasteiger partial charge in [-0.15, -0.1) is 0 Å². The van der Waals surface area contributed by atoms with Crippen molar-refractivity contribution in [2.45, 2.75) is 19.9 Å². The Kier molecular flexibility index (Phi) is 7.57. The molecule has 0 amide bonds. The van der Waals surface area contributed by atoms with E-state index < -0.39 is 6.04 Å². The number of methoxy groups -OCH3 is 1. The van der Waals surface area contributed by atoms with E-state index in [4.69, 9.17) is 14.3 Å². The van der Waals surface area contributed by atoms with Crippen LogP contribution in [-0.4, -0.2) is 38.9 Å². The van der Waals surface area contributed by atoms with Gasteiger partial charge in [0, 0.05) is 7.11 Å². The maximum atomic E-state index is 11.0. The molecule has 0 heterocycles. The maximum Gasteiger partial charge on any atom is 0.325 e. The fourth-order valence-corrected chi connectivity index (χ4v) is 0.624. The summed E-state index contributed by atoms with van der Waals surface area (Å²) >= 11 is 0. The van der Waals surface area contributed by atoms with Crippen molar-refractivity contribution in [2.75, 3.05) is 26.9 Å². The number of esters is 1. The summed E-state index contributed by atoms with van der Waals surface area (Å²) in [6.45, 7) is 4.70. The molecule has 0 aliphatic heterocycles. The highest BCUT2D eigenvalue weighted by atomic mass is 16.7. The van der Waals surface area contributed by atoms with Crippen molar-refractivity contribution < 1.29 is 19.1 Å². The lowest BCUT2D eigenvalue weighted by Gasteiger charge is -2.11. The van der Waals surface area contributed by atoms with E-state index in [0.29, 0.717) is 19.8 Å². The zero-order chi connectivity index (χ0) is 10.1. The van der Waals surface area contributed by atoms with Crippen molar-refractivity contribution in [3.8, 4) is 0 Å². The van der Waals surface area contributed by atoms with Gasteiger partial charge in [-0.05, 0) is 13.8 Å². The summed E-state index contributed by atoms with van der Waals surface area (Å²) in [6, 6.07) is -0.447. The van der Waals surface area contributed by atoms with E-state index in [1.165, 1.54) is 0 Å². The Balaban J connectivity index is 3.38. The smallest absolute Gasteiger partial charge is 0.325 e. The molecular weight excluding hydrogens is 174 g/mol. The topological polar surface area (TPSA) is 56.8 Å². The van der Waals surface area contributed by atoms with E-state index in [1.807, 2.05) is 0 Å². The standard InChI is InChI=1S/C8H17NO4/c1-4-12-8(10)7(2)9-13-6-5-11-3/h7,9H,4-6H2,1-3H3. The normalized spacial score (nSPS) is 12.5. The van der Waals surface area contributed by atoms with Crippen molar-refractivity contribution in [1.82, 2.24) is 5.48 Å². The number of ether oxygens (including phenoxy) is 2. The van der Waals surface area contributed by atoms with E-state index in [2.05, 4.69) is 5.48 Å². The maximum absolute atomic E-state index is 11.0. The summed E-state index contributed by atoms with van der Waals surface area (Å²) in [6.07, 6.45) is 0. The number of nitrogens with one attached hydrogen (secondary N) is 1. The van der Waals surface area contributed by atoms with Gasteiger partial charge < -0.3 is 9.47 Å². The van der Waals surface area contributed by atoms with Gasteiger partial charge in [0.15, 0.2) is 0 Å². The highest BCUT2D eigenvalue weighted by Gasteiger charge is 2.12. The number of carbonyl (C=O) groups excluding carboxylic acids is 1. The summed E-state index contributed by atoms with van der Waals surface area (Å²) in [4.78, 5) is 15.9. The van der Waals surface area contributed by atoms with Gasteiger partial charge >= 0.3 is 5.97 Å². The molecule has 0 aromatic carbocycles. The number of hydrogen-bond donors (Lipinski definition) is 1.